The van der Waals surface area contributed by atoms with Crippen molar-refractivity contribution in [2.75, 3.05) is 26.6 Å². The first kappa shape index (κ1) is 16.0. The monoisotopic (exact) mass is 271 g/mol. The highest BCUT2D eigenvalue weighted by molar-refractivity contribution is 6.53. The maximum atomic E-state index is 11.6. The van der Waals surface area contributed by atoms with E-state index in [4.69, 9.17) is 32.7 Å². The number of amides is 1. The average Bonchev–Trinajstić information content (AvgIpc) is 2.21. The molecule has 0 unspecified atom stereocenters. The molecule has 4 nitrogen and oxygen atoms in total. The second-order valence-corrected chi connectivity index (χ2v) is 4.53. The van der Waals surface area contributed by atoms with Gasteiger partial charge in [0.05, 0.1) is 13.2 Å². The molecule has 0 saturated heterocycles. The van der Waals surface area contributed by atoms with Crippen molar-refractivity contribution in [1.82, 2.24) is 4.90 Å². The van der Waals surface area contributed by atoms with Crippen molar-refractivity contribution in [3.63, 3.8) is 0 Å². The maximum absolute atomic E-state index is 11.6. The Balaban J connectivity index is 3.91. The van der Waals surface area contributed by atoms with E-state index in [1.807, 2.05) is 20.8 Å². The fourth-order valence-electron chi connectivity index (χ4n) is 1.02. The molecule has 96 valence electrons. The number of rotatable bonds is 8. The van der Waals surface area contributed by atoms with E-state index in [0.29, 0.717) is 19.8 Å². The number of halogens is 2. The van der Waals surface area contributed by atoms with Crippen molar-refractivity contribution in [2.45, 2.75) is 31.6 Å². The van der Waals surface area contributed by atoms with Gasteiger partial charge in [0, 0.05) is 12.6 Å². The molecule has 0 saturated carbocycles. The lowest BCUT2D eigenvalue weighted by atomic mass is 10.3. The van der Waals surface area contributed by atoms with Crippen molar-refractivity contribution < 1.29 is 14.3 Å². The van der Waals surface area contributed by atoms with Crippen LogP contribution < -0.4 is 0 Å². The lowest BCUT2D eigenvalue weighted by Crippen LogP contribution is -2.41. The summed E-state index contributed by atoms with van der Waals surface area (Å²) in [5.74, 6) is -0.338. The van der Waals surface area contributed by atoms with Crippen LogP contribution in [-0.4, -0.2) is 48.2 Å². The molecule has 0 spiro atoms. The van der Waals surface area contributed by atoms with Gasteiger partial charge in [-0.3, -0.25) is 4.79 Å². The summed E-state index contributed by atoms with van der Waals surface area (Å²) in [5.41, 5.74) is 0. The number of nitrogens with zero attached hydrogens (tertiary/aromatic N) is 1. The Bertz CT molecular complexity index is 201. The highest BCUT2D eigenvalue weighted by atomic mass is 35.5. The van der Waals surface area contributed by atoms with E-state index in [1.54, 1.807) is 0 Å². The Morgan fingerprint density at radius 1 is 1.25 bits per heavy atom. The molecule has 0 aliphatic heterocycles. The zero-order valence-corrected chi connectivity index (χ0v) is 11.4. The Morgan fingerprint density at radius 3 is 2.25 bits per heavy atom. The molecule has 0 rings (SSSR count). The molecule has 6 heteroatoms. The summed E-state index contributed by atoms with van der Waals surface area (Å²) < 4.78 is 10.4. The minimum absolute atomic E-state index is 0.000376. The Hall–Kier alpha value is -0.0300. The van der Waals surface area contributed by atoms with Gasteiger partial charge in [-0.15, -0.1) is 0 Å². The maximum Gasteiger partial charge on any atom is 0.257 e. The third-order valence-electron chi connectivity index (χ3n) is 1.90. The fraction of sp³-hybridized carbons (Fsp3) is 0.900. The minimum atomic E-state index is -1.04. The molecular weight excluding hydrogens is 253 g/mol. The summed E-state index contributed by atoms with van der Waals surface area (Å²) in [5, 5.41) is 0. The third kappa shape index (κ3) is 6.53. The van der Waals surface area contributed by atoms with E-state index < -0.39 is 4.84 Å². The summed E-state index contributed by atoms with van der Waals surface area (Å²) in [4.78, 5) is 12.0. The van der Waals surface area contributed by atoms with Crippen LogP contribution in [0.25, 0.3) is 0 Å². The van der Waals surface area contributed by atoms with Gasteiger partial charge < -0.3 is 14.4 Å². The molecule has 0 aromatic carbocycles. The highest BCUT2D eigenvalue weighted by Gasteiger charge is 2.22. The summed E-state index contributed by atoms with van der Waals surface area (Å²) in [6.07, 6.45) is 0. The Labute approximate surface area is 107 Å². The van der Waals surface area contributed by atoms with Gasteiger partial charge in [0.1, 0.15) is 6.73 Å². The first-order chi connectivity index (χ1) is 7.50. The molecule has 16 heavy (non-hydrogen) atoms. The zero-order valence-electron chi connectivity index (χ0n) is 9.91. The average molecular weight is 272 g/mol. The first-order valence-corrected chi connectivity index (χ1v) is 6.12. The van der Waals surface area contributed by atoms with Crippen LogP contribution in [-0.2, 0) is 14.3 Å². The van der Waals surface area contributed by atoms with Gasteiger partial charge in [0.2, 0.25) is 0 Å². The summed E-state index contributed by atoms with van der Waals surface area (Å²) in [6, 6.07) is -0.000376. The van der Waals surface area contributed by atoms with Crippen molar-refractivity contribution >= 4 is 29.1 Å². The van der Waals surface area contributed by atoms with Crippen molar-refractivity contribution in [3.05, 3.63) is 0 Å². The first-order valence-electron chi connectivity index (χ1n) is 5.24. The lowest BCUT2D eigenvalue weighted by molar-refractivity contribution is -0.138. The van der Waals surface area contributed by atoms with Crippen molar-refractivity contribution in [1.29, 1.82) is 0 Å². The van der Waals surface area contributed by atoms with Crippen LogP contribution in [0.1, 0.15) is 20.8 Å². The van der Waals surface area contributed by atoms with Gasteiger partial charge in [-0.05, 0) is 20.8 Å². The van der Waals surface area contributed by atoms with Crippen molar-refractivity contribution in [3.8, 4) is 0 Å². The summed E-state index contributed by atoms with van der Waals surface area (Å²) >= 11 is 11.0. The molecule has 0 radical (unpaired) electrons. The third-order valence-corrected chi connectivity index (χ3v) is 2.27. The van der Waals surface area contributed by atoms with E-state index in [0.717, 1.165) is 0 Å². The fourth-order valence-corrected chi connectivity index (χ4v) is 1.27. The zero-order chi connectivity index (χ0) is 12.6. The van der Waals surface area contributed by atoms with Crippen molar-refractivity contribution in [2.24, 2.45) is 0 Å². The van der Waals surface area contributed by atoms with Gasteiger partial charge in [-0.25, -0.2) is 0 Å². The lowest BCUT2D eigenvalue weighted by Gasteiger charge is -2.26. The molecule has 0 atom stereocenters. The number of ether oxygens (including phenoxy) is 2. The van der Waals surface area contributed by atoms with Gasteiger partial charge in [0.25, 0.3) is 5.91 Å². The van der Waals surface area contributed by atoms with E-state index in [9.17, 15) is 4.79 Å². The molecule has 0 heterocycles. The van der Waals surface area contributed by atoms with Crippen LogP contribution >= 0.6 is 23.2 Å². The number of hydrogen-bond donors (Lipinski definition) is 0. The number of carbonyl (C=O) groups excluding carboxylic acids is 1. The van der Waals surface area contributed by atoms with E-state index in [1.165, 1.54) is 4.90 Å². The van der Waals surface area contributed by atoms with Crippen LogP contribution in [0, 0.1) is 0 Å². The van der Waals surface area contributed by atoms with Crippen LogP contribution in [0.2, 0.25) is 0 Å². The van der Waals surface area contributed by atoms with Gasteiger partial charge in [0.15, 0.2) is 4.84 Å². The molecule has 0 fully saturated rings. The number of alkyl halides is 2. The van der Waals surface area contributed by atoms with Crippen LogP contribution in [0.4, 0.5) is 0 Å². The van der Waals surface area contributed by atoms with Gasteiger partial charge in [-0.1, -0.05) is 23.2 Å². The quantitative estimate of drug-likeness (QED) is 0.385. The van der Waals surface area contributed by atoms with Gasteiger partial charge >= 0.3 is 0 Å². The molecule has 0 aliphatic rings. The molecule has 0 aromatic heterocycles. The largest absolute Gasteiger partial charge is 0.379 e. The predicted molar refractivity (Wildman–Crippen MR) is 64.8 cm³/mol. The molecule has 0 aromatic rings. The number of hydrogen-bond acceptors (Lipinski definition) is 3. The minimum Gasteiger partial charge on any atom is -0.379 e. The topological polar surface area (TPSA) is 38.8 Å². The highest BCUT2D eigenvalue weighted by Crippen LogP contribution is 2.10. The molecule has 0 bridgehead atoms. The van der Waals surface area contributed by atoms with Crippen LogP contribution in [0.15, 0.2) is 0 Å². The van der Waals surface area contributed by atoms with Crippen LogP contribution in [0.3, 0.4) is 0 Å². The molecule has 0 aliphatic carbocycles. The SMILES string of the molecule is CCOCCOCN(C(=O)C(Cl)Cl)C(C)C. The predicted octanol–water partition coefficient (Wildman–Crippen LogP) is 2.04. The molecule has 0 N–H and O–H groups in total. The molecule has 1 amide bonds. The second kappa shape index (κ2) is 9.05. The number of carbonyl (C=O) groups is 1. The standard InChI is InChI=1S/C10H19Cl2NO3/c1-4-15-5-6-16-7-13(8(2)3)10(14)9(11)12/h8-9H,4-7H2,1-3H3. The summed E-state index contributed by atoms with van der Waals surface area (Å²) in [6.45, 7) is 7.46. The van der Waals surface area contributed by atoms with Gasteiger partial charge in [-0.2, -0.15) is 0 Å². The molecular formula is C10H19Cl2NO3. The summed E-state index contributed by atoms with van der Waals surface area (Å²) in [7, 11) is 0. The smallest absolute Gasteiger partial charge is 0.257 e. The normalized spacial score (nSPS) is 11.2. The van der Waals surface area contributed by atoms with E-state index in [-0.39, 0.29) is 18.7 Å². The Kier molecular flexibility index (Phi) is 9.03. The van der Waals surface area contributed by atoms with Crippen LogP contribution in [0.5, 0.6) is 0 Å². The second-order valence-electron chi connectivity index (χ2n) is 3.44. The Morgan fingerprint density at radius 2 is 1.81 bits per heavy atom. The van der Waals surface area contributed by atoms with E-state index >= 15 is 0 Å². The van der Waals surface area contributed by atoms with E-state index in [2.05, 4.69) is 0 Å².